The van der Waals surface area contributed by atoms with Crippen molar-refractivity contribution in [1.82, 2.24) is 0 Å². The highest BCUT2D eigenvalue weighted by Crippen LogP contribution is 2.24. The minimum Gasteiger partial charge on any atom is -0.392 e. The summed E-state index contributed by atoms with van der Waals surface area (Å²) >= 11 is 1.42. The lowest BCUT2D eigenvalue weighted by molar-refractivity contribution is 0.281. The van der Waals surface area contributed by atoms with E-state index in [0.717, 1.165) is 5.56 Å². The van der Waals surface area contributed by atoms with Crippen LogP contribution in [0.15, 0.2) is 33.9 Å². The Kier molecular flexibility index (Phi) is 3.93. The van der Waals surface area contributed by atoms with Gasteiger partial charge in [0.25, 0.3) is 10.0 Å². The average Bonchev–Trinajstić information content (AvgIpc) is 2.84. The second-order valence-corrected chi connectivity index (χ2v) is 6.74. The zero-order chi connectivity index (χ0) is 14.0. The molecule has 6 heteroatoms. The van der Waals surface area contributed by atoms with Crippen molar-refractivity contribution in [3.05, 3.63) is 45.6 Å². The van der Waals surface area contributed by atoms with Gasteiger partial charge in [-0.05, 0) is 48.1 Å². The SMILES string of the molecule is Cc1cc(CO)cc(S(=O)(=O)Nc2ccsc2)c1C. The zero-order valence-corrected chi connectivity index (χ0v) is 12.3. The standard InChI is InChI=1S/C13H15NO3S2/c1-9-5-11(7-15)6-13(10(9)2)19(16,17)14-12-3-4-18-8-12/h3-6,8,14-15H,7H2,1-2H3. The number of hydrogen-bond acceptors (Lipinski definition) is 4. The van der Waals surface area contributed by atoms with Crippen LogP contribution < -0.4 is 4.72 Å². The number of sulfonamides is 1. The second-order valence-electron chi connectivity index (χ2n) is 4.31. The van der Waals surface area contributed by atoms with Gasteiger partial charge in [-0.25, -0.2) is 8.42 Å². The van der Waals surface area contributed by atoms with Crippen molar-refractivity contribution in [2.45, 2.75) is 25.3 Å². The molecule has 1 heterocycles. The van der Waals surface area contributed by atoms with Crippen molar-refractivity contribution in [1.29, 1.82) is 0 Å². The Bertz CT molecular complexity index is 676. The maximum absolute atomic E-state index is 12.4. The van der Waals surface area contributed by atoms with Gasteiger partial charge in [-0.1, -0.05) is 6.07 Å². The number of aryl methyl sites for hydroxylation is 1. The molecule has 0 saturated carbocycles. The minimum absolute atomic E-state index is 0.178. The van der Waals surface area contributed by atoms with Crippen molar-refractivity contribution in [2.75, 3.05) is 4.72 Å². The quantitative estimate of drug-likeness (QED) is 0.911. The summed E-state index contributed by atoms with van der Waals surface area (Å²) in [5.74, 6) is 0. The summed E-state index contributed by atoms with van der Waals surface area (Å²) in [5, 5.41) is 12.7. The first-order valence-electron chi connectivity index (χ1n) is 5.70. The van der Waals surface area contributed by atoms with Crippen LogP contribution in [0.5, 0.6) is 0 Å². The van der Waals surface area contributed by atoms with Crippen LogP contribution in [-0.2, 0) is 16.6 Å². The van der Waals surface area contributed by atoms with Crippen LogP contribution >= 0.6 is 11.3 Å². The minimum atomic E-state index is -3.62. The Balaban J connectivity index is 2.48. The monoisotopic (exact) mass is 297 g/mol. The predicted molar refractivity (Wildman–Crippen MR) is 77.0 cm³/mol. The zero-order valence-electron chi connectivity index (χ0n) is 10.7. The number of anilines is 1. The van der Waals surface area contributed by atoms with Gasteiger partial charge in [0.05, 0.1) is 17.2 Å². The summed E-state index contributed by atoms with van der Waals surface area (Å²) < 4.78 is 27.2. The van der Waals surface area contributed by atoms with Gasteiger partial charge in [-0.2, -0.15) is 11.3 Å². The fraction of sp³-hybridized carbons (Fsp3) is 0.231. The molecule has 0 spiro atoms. The van der Waals surface area contributed by atoms with E-state index >= 15 is 0 Å². The Morgan fingerprint density at radius 3 is 2.63 bits per heavy atom. The van der Waals surface area contributed by atoms with Crippen molar-refractivity contribution >= 4 is 27.0 Å². The van der Waals surface area contributed by atoms with Crippen LogP contribution in [0.2, 0.25) is 0 Å². The third kappa shape index (κ3) is 2.97. The molecular weight excluding hydrogens is 282 g/mol. The molecule has 0 radical (unpaired) electrons. The van der Waals surface area contributed by atoms with Crippen molar-refractivity contribution in [3.63, 3.8) is 0 Å². The van der Waals surface area contributed by atoms with Gasteiger partial charge in [0, 0.05) is 5.38 Å². The van der Waals surface area contributed by atoms with Gasteiger partial charge >= 0.3 is 0 Å². The normalized spacial score (nSPS) is 11.5. The Hall–Kier alpha value is -1.37. The molecule has 0 unspecified atom stereocenters. The average molecular weight is 297 g/mol. The molecule has 2 aromatic rings. The van der Waals surface area contributed by atoms with Gasteiger partial charge < -0.3 is 5.11 Å². The van der Waals surface area contributed by atoms with Crippen molar-refractivity contribution in [3.8, 4) is 0 Å². The van der Waals surface area contributed by atoms with Gasteiger partial charge in [-0.3, -0.25) is 4.72 Å². The highest BCUT2D eigenvalue weighted by atomic mass is 32.2. The highest BCUT2D eigenvalue weighted by Gasteiger charge is 2.19. The number of aliphatic hydroxyl groups is 1. The van der Waals surface area contributed by atoms with Gasteiger partial charge in [0.2, 0.25) is 0 Å². The molecular formula is C13H15NO3S2. The number of rotatable bonds is 4. The van der Waals surface area contributed by atoms with Gasteiger partial charge in [0.1, 0.15) is 0 Å². The molecule has 0 atom stereocenters. The first-order valence-corrected chi connectivity index (χ1v) is 8.12. The first kappa shape index (κ1) is 14.0. The second kappa shape index (κ2) is 5.32. The van der Waals surface area contributed by atoms with E-state index in [9.17, 15) is 13.5 Å². The number of benzene rings is 1. The van der Waals surface area contributed by atoms with Gasteiger partial charge in [0.15, 0.2) is 0 Å². The first-order chi connectivity index (χ1) is 8.94. The summed E-state index contributed by atoms with van der Waals surface area (Å²) in [6.45, 7) is 3.42. The van der Waals surface area contributed by atoms with Crippen LogP contribution in [0.3, 0.4) is 0 Å². The van der Waals surface area contributed by atoms with Crippen LogP contribution in [-0.4, -0.2) is 13.5 Å². The molecule has 0 bridgehead atoms. The molecule has 0 saturated heterocycles. The number of aliphatic hydroxyl groups excluding tert-OH is 1. The van der Waals surface area contributed by atoms with Crippen LogP contribution in [0, 0.1) is 13.8 Å². The lowest BCUT2D eigenvalue weighted by Gasteiger charge is -2.12. The molecule has 4 nitrogen and oxygen atoms in total. The predicted octanol–water partition coefficient (Wildman–Crippen LogP) is 2.66. The fourth-order valence-electron chi connectivity index (χ4n) is 1.80. The smallest absolute Gasteiger partial charge is 0.262 e. The summed E-state index contributed by atoms with van der Waals surface area (Å²) in [6, 6.07) is 5.01. The molecule has 0 aliphatic rings. The highest BCUT2D eigenvalue weighted by molar-refractivity contribution is 7.92. The van der Waals surface area contributed by atoms with E-state index in [4.69, 9.17) is 0 Å². The molecule has 0 amide bonds. The molecule has 0 aliphatic heterocycles. The van der Waals surface area contributed by atoms with Crippen LogP contribution in [0.1, 0.15) is 16.7 Å². The van der Waals surface area contributed by atoms with Crippen LogP contribution in [0.25, 0.3) is 0 Å². The topological polar surface area (TPSA) is 66.4 Å². The largest absolute Gasteiger partial charge is 0.392 e. The van der Waals surface area contributed by atoms with E-state index in [-0.39, 0.29) is 11.5 Å². The van der Waals surface area contributed by atoms with Crippen molar-refractivity contribution in [2.24, 2.45) is 0 Å². The molecule has 1 aromatic carbocycles. The van der Waals surface area contributed by atoms with Crippen molar-refractivity contribution < 1.29 is 13.5 Å². The number of nitrogens with one attached hydrogen (secondary N) is 1. The van der Waals surface area contributed by atoms with E-state index in [1.807, 2.05) is 6.92 Å². The summed E-state index contributed by atoms with van der Waals surface area (Å²) in [5.41, 5.74) is 2.68. The third-order valence-electron chi connectivity index (χ3n) is 2.92. The Labute approximate surface area is 116 Å². The summed E-state index contributed by atoms with van der Waals surface area (Å²) in [7, 11) is -3.62. The third-order valence-corrected chi connectivity index (χ3v) is 5.12. The Morgan fingerprint density at radius 1 is 1.32 bits per heavy atom. The molecule has 1 aromatic heterocycles. The molecule has 19 heavy (non-hydrogen) atoms. The van der Waals surface area contributed by atoms with E-state index in [1.54, 1.807) is 29.8 Å². The maximum atomic E-state index is 12.4. The van der Waals surface area contributed by atoms with Gasteiger partial charge in [-0.15, -0.1) is 0 Å². The van der Waals surface area contributed by atoms with E-state index < -0.39 is 10.0 Å². The summed E-state index contributed by atoms with van der Waals surface area (Å²) in [6.07, 6.45) is 0. The molecule has 0 aliphatic carbocycles. The molecule has 0 fully saturated rings. The number of thiophene rings is 1. The fourth-order valence-corrected chi connectivity index (χ4v) is 3.88. The lowest BCUT2D eigenvalue weighted by atomic mass is 10.1. The molecule has 102 valence electrons. The van der Waals surface area contributed by atoms with E-state index in [2.05, 4.69) is 4.72 Å². The van der Waals surface area contributed by atoms with Crippen LogP contribution in [0.4, 0.5) is 5.69 Å². The summed E-state index contributed by atoms with van der Waals surface area (Å²) in [4.78, 5) is 0.211. The van der Waals surface area contributed by atoms with E-state index in [0.29, 0.717) is 16.8 Å². The Morgan fingerprint density at radius 2 is 2.05 bits per heavy atom. The number of hydrogen-bond donors (Lipinski definition) is 2. The molecule has 2 N–H and O–H groups in total. The maximum Gasteiger partial charge on any atom is 0.262 e. The molecule has 2 rings (SSSR count). The lowest BCUT2D eigenvalue weighted by Crippen LogP contribution is -2.15. The van der Waals surface area contributed by atoms with E-state index in [1.165, 1.54) is 17.4 Å².